The molecule has 0 aliphatic carbocycles. The first kappa shape index (κ1) is 17.3. The van der Waals surface area contributed by atoms with Gasteiger partial charge in [0.15, 0.2) is 0 Å². The first-order chi connectivity index (χ1) is 11.2. The number of hydrogen-bond donors (Lipinski definition) is 2. The SMILES string of the molecule is COc1ccc(CNCCc2ccccc2/C=C/[C@H](C)O)cc1. The Balaban J connectivity index is 1.84. The van der Waals surface area contributed by atoms with Crippen LogP contribution < -0.4 is 10.1 Å². The second-order valence-corrected chi connectivity index (χ2v) is 5.57. The second kappa shape index (κ2) is 9.13. The molecule has 0 unspecified atom stereocenters. The molecule has 2 aromatic carbocycles. The molecule has 0 bridgehead atoms. The van der Waals surface area contributed by atoms with Crippen LogP contribution in [0.4, 0.5) is 0 Å². The standard InChI is InChI=1S/C20H25NO2/c1-16(22)7-10-18-5-3-4-6-19(18)13-14-21-15-17-8-11-20(23-2)12-9-17/h3-12,16,21-22H,13-15H2,1-2H3/b10-7+/t16-/m0/s1. The van der Waals surface area contributed by atoms with Gasteiger partial charge < -0.3 is 15.2 Å². The van der Waals surface area contributed by atoms with Crippen molar-refractivity contribution in [2.75, 3.05) is 13.7 Å². The van der Waals surface area contributed by atoms with Crippen LogP contribution in [0, 0.1) is 0 Å². The van der Waals surface area contributed by atoms with Crippen molar-refractivity contribution >= 4 is 6.08 Å². The van der Waals surface area contributed by atoms with Gasteiger partial charge in [0.2, 0.25) is 0 Å². The maximum absolute atomic E-state index is 9.37. The minimum Gasteiger partial charge on any atom is -0.497 e. The van der Waals surface area contributed by atoms with Crippen molar-refractivity contribution < 1.29 is 9.84 Å². The Kier molecular flexibility index (Phi) is 6.85. The van der Waals surface area contributed by atoms with E-state index in [0.717, 1.165) is 25.3 Å². The zero-order valence-electron chi connectivity index (χ0n) is 13.8. The average molecular weight is 311 g/mol. The Morgan fingerprint density at radius 2 is 1.87 bits per heavy atom. The Labute approximate surface area is 138 Å². The zero-order valence-corrected chi connectivity index (χ0v) is 13.8. The van der Waals surface area contributed by atoms with Gasteiger partial charge in [0.1, 0.15) is 5.75 Å². The number of ether oxygens (including phenoxy) is 1. The maximum atomic E-state index is 9.37. The third kappa shape index (κ3) is 5.89. The van der Waals surface area contributed by atoms with Gasteiger partial charge in [-0.3, -0.25) is 0 Å². The summed E-state index contributed by atoms with van der Waals surface area (Å²) >= 11 is 0. The lowest BCUT2D eigenvalue weighted by Crippen LogP contribution is -2.17. The molecule has 2 N–H and O–H groups in total. The van der Waals surface area contributed by atoms with Crippen molar-refractivity contribution in [2.45, 2.75) is 26.0 Å². The van der Waals surface area contributed by atoms with E-state index >= 15 is 0 Å². The van der Waals surface area contributed by atoms with E-state index in [1.807, 2.05) is 30.4 Å². The van der Waals surface area contributed by atoms with Gasteiger partial charge in [0.05, 0.1) is 13.2 Å². The van der Waals surface area contributed by atoms with E-state index in [0.29, 0.717) is 0 Å². The summed E-state index contributed by atoms with van der Waals surface area (Å²) in [5.41, 5.74) is 3.69. The maximum Gasteiger partial charge on any atom is 0.118 e. The summed E-state index contributed by atoms with van der Waals surface area (Å²) in [5, 5.41) is 12.8. The summed E-state index contributed by atoms with van der Waals surface area (Å²) in [6.45, 7) is 3.51. The number of rotatable bonds is 8. The van der Waals surface area contributed by atoms with Crippen LogP contribution in [0.1, 0.15) is 23.6 Å². The lowest BCUT2D eigenvalue weighted by Gasteiger charge is -2.09. The molecule has 0 radical (unpaired) electrons. The lowest BCUT2D eigenvalue weighted by atomic mass is 10.0. The van der Waals surface area contributed by atoms with E-state index in [1.54, 1.807) is 14.0 Å². The molecule has 2 aromatic rings. The van der Waals surface area contributed by atoms with Crippen LogP contribution in [0.3, 0.4) is 0 Å². The molecule has 0 amide bonds. The van der Waals surface area contributed by atoms with Crippen molar-refractivity contribution in [3.63, 3.8) is 0 Å². The van der Waals surface area contributed by atoms with E-state index in [2.05, 4.69) is 35.6 Å². The zero-order chi connectivity index (χ0) is 16.5. The lowest BCUT2D eigenvalue weighted by molar-refractivity contribution is 0.245. The minimum absolute atomic E-state index is 0.420. The van der Waals surface area contributed by atoms with Crippen LogP contribution in [-0.4, -0.2) is 24.9 Å². The van der Waals surface area contributed by atoms with Gasteiger partial charge in [0.25, 0.3) is 0 Å². The number of hydrogen-bond acceptors (Lipinski definition) is 3. The number of aliphatic hydroxyl groups is 1. The Morgan fingerprint density at radius 1 is 1.13 bits per heavy atom. The smallest absolute Gasteiger partial charge is 0.118 e. The molecule has 0 saturated carbocycles. The number of benzene rings is 2. The minimum atomic E-state index is -0.420. The van der Waals surface area contributed by atoms with Crippen molar-refractivity contribution in [2.24, 2.45) is 0 Å². The molecule has 0 fully saturated rings. The fourth-order valence-electron chi connectivity index (χ4n) is 2.37. The van der Waals surface area contributed by atoms with Crippen LogP contribution in [0.2, 0.25) is 0 Å². The average Bonchev–Trinajstić information content (AvgIpc) is 2.58. The first-order valence-corrected chi connectivity index (χ1v) is 7.97. The van der Waals surface area contributed by atoms with Gasteiger partial charge in [-0.15, -0.1) is 0 Å². The van der Waals surface area contributed by atoms with Gasteiger partial charge in [0, 0.05) is 6.54 Å². The highest BCUT2D eigenvalue weighted by Gasteiger charge is 2.00. The van der Waals surface area contributed by atoms with Crippen molar-refractivity contribution in [1.82, 2.24) is 5.32 Å². The molecule has 1 atom stereocenters. The number of nitrogens with one attached hydrogen (secondary N) is 1. The van der Waals surface area contributed by atoms with Gasteiger partial charge in [-0.25, -0.2) is 0 Å². The summed E-state index contributed by atoms with van der Waals surface area (Å²) in [4.78, 5) is 0. The predicted molar refractivity (Wildman–Crippen MR) is 95.6 cm³/mol. The van der Waals surface area contributed by atoms with Gasteiger partial charge in [-0.05, 0) is 48.7 Å². The molecular weight excluding hydrogens is 286 g/mol. The first-order valence-electron chi connectivity index (χ1n) is 7.97. The molecule has 0 spiro atoms. The van der Waals surface area contributed by atoms with Gasteiger partial charge in [-0.1, -0.05) is 48.6 Å². The normalized spacial score (nSPS) is 12.5. The number of aliphatic hydroxyl groups excluding tert-OH is 1. The fourth-order valence-corrected chi connectivity index (χ4v) is 2.37. The molecule has 23 heavy (non-hydrogen) atoms. The molecule has 2 rings (SSSR count). The monoisotopic (exact) mass is 311 g/mol. The van der Waals surface area contributed by atoms with E-state index < -0.39 is 6.10 Å². The molecule has 3 heteroatoms. The molecule has 122 valence electrons. The second-order valence-electron chi connectivity index (χ2n) is 5.57. The molecule has 0 aromatic heterocycles. The largest absolute Gasteiger partial charge is 0.497 e. The third-order valence-corrected chi connectivity index (χ3v) is 3.67. The van der Waals surface area contributed by atoms with E-state index in [4.69, 9.17) is 4.74 Å². The van der Waals surface area contributed by atoms with Gasteiger partial charge in [-0.2, -0.15) is 0 Å². The van der Waals surface area contributed by atoms with Crippen molar-refractivity contribution in [3.8, 4) is 5.75 Å². The third-order valence-electron chi connectivity index (χ3n) is 3.67. The predicted octanol–water partition coefficient (Wildman–Crippen LogP) is 3.42. The molecule has 3 nitrogen and oxygen atoms in total. The summed E-state index contributed by atoms with van der Waals surface area (Å²) in [6.07, 6.45) is 4.33. The van der Waals surface area contributed by atoms with Crippen LogP contribution in [0.25, 0.3) is 6.08 Å². The molecular formula is C20H25NO2. The molecule has 0 aliphatic rings. The highest BCUT2D eigenvalue weighted by atomic mass is 16.5. The summed E-state index contributed by atoms with van der Waals surface area (Å²) < 4.78 is 5.16. The number of methoxy groups -OCH3 is 1. The highest BCUT2D eigenvalue weighted by molar-refractivity contribution is 5.54. The quantitative estimate of drug-likeness (QED) is 0.734. The fraction of sp³-hybridized carbons (Fsp3) is 0.300. The van der Waals surface area contributed by atoms with Crippen LogP contribution in [-0.2, 0) is 13.0 Å². The Bertz CT molecular complexity index is 618. The van der Waals surface area contributed by atoms with E-state index in [-0.39, 0.29) is 0 Å². The van der Waals surface area contributed by atoms with Crippen LogP contribution in [0.5, 0.6) is 5.75 Å². The van der Waals surface area contributed by atoms with Gasteiger partial charge >= 0.3 is 0 Å². The molecule has 0 saturated heterocycles. The Hall–Kier alpha value is -2.10. The van der Waals surface area contributed by atoms with E-state index in [1.165, 1.54) is 16.7 Å². The Morgan fingerprint density at radius 3 is 2.57 bits per heavy atom. The summed E-state index contributed by atoms with van der Waals surface area (Å²) in [7, 11) is 1.68. The topological polar surface area (TPSA) is 41.5 Å². The molecule has 0 aliphatic heterocycles. The van der Waals surface area contributed by atoms with Crippen molar-refractivity contribution in [3.05, 3.63) is 71.3 Å². The highest BCUT2D eigenvalue weighted by Crippen LogP contribution is 2.13. The van der Waals surface area contributed by atoms with Crippen LogP contribution >= 0.6 is 0 Å². The van der Waals surface area contributed by atoms with Crippen molar-refractivity contribution in [1.29, 1.82) is 0 Å². The van der Waals surface area contributed by atoms with Crippen LogP contribution in [0.15, 0.2) is 54.6 Å². The summed E-state index contributed by atoms with van der Waals surface area (Å²) in [6, 6.07) is 16.4. The summed E-state index contributed by atoms with van der Waals surface area (Å²) in [5.74, 6) is 0.882. The van der Waals surface area contributed by atoms with E-state index in [9.17, 15) is 5.11 Å². The molecule has 0 heterocycles.